The molecule has 0 bridgehead atoms. The van der Waals surface area contributed by atoms with E-state index in [9.17, 15) is 4.79 Å². The van der Waals surface area contributed by atoms with E-state index in [4.69, 9.17) is 11.6 Å². The molecule has 0 aliphatic carbocycles. The highest BCUT2D eigenvalue weighted by atomic mass is 35.5. The van der Waals surface area contributed by atoms with E-state index in [0.717, 1.165) is 17.3 Å². The van der Waals surface area contributed by atoms with Gasteiger partial charge in [0, 0.05) is 32.4 Å². The number of hydrogen-bond donors (Lipinski definition) is 0. The molecule has 25 heavy (non-hydrogen) atoms. The van der Waals surface area contributed by atoms with E-state index in [1.807, 2.05) is 24.0 Å². The summed E-state index contributed by atoms with van der Waals surface area (Å²) in [6.07, 6.45) is 1.52. The van der Waals surface area contributed by atoms with Crippen molar-refractivity contribution >= 4 is 29.0 Å². The van der Waals surface area contributed by atoms with Crippen molar-refractivity contribution in [2.45, 2.75) is 6.92 Å². The highest BCUT2D eigenvalue weighted by Crippen LogP contribution is 2.16. The van der Waals surface area contributed by atoms with Gasteiger partial charge in [-0.3, -0.25) is 4.79 Å². The van der Waals surface area contributed by atoms with Crippen molar-refractivity contribution in [1.29, 1.82) is 0 Å². The minimum Gasteiger partial charge on any atom is -0.352 e. The summed E-state index contributed by atoms with van der Waals surface area (Å²) in [5, 5.41) is 13.0. The van der Waals surface area contributed by atoms with Crippen molar-refractivity contribution in [2.24, 2.45) is 0 Å². The monoisotopic (exact) mass is 357 g/mol. The molecule has 1 aliphatic heterocycles. The lowest BCUT2D eigenvalue weighted by molar-refractivity contribution is 0.0746. The molecule has 0 saturated carbocycles. The molecule has 4 heterocycles. The molecule has 3 aromatic rings. The van der Waals surface area contributed by atoms with Gasteiger partial charge in [-0.2, -0.15) is 4.52 Å². The standard InChI is InChI=1S/C16H16ClN7O/c1-11-19-20-14-4-5-15(21-24(11)14)22-6-8-23(9-7-22)16(25)12-2-3-13(17)18-10-12/h2-5,10H,6-9H2,1H3. The first-order valence-corrected chi connectivity index (χ1v) is 8.34. The number of halogens is 1. The Kier molecular flexibility index (Phi) is 3.96. The fourth-order valence-electron chi connectivity index (χ4n) is 2.88. The third-order valence-electron chi connectivity index (χ3n) is 4.27. The van der Waals surface area contributed by atoms with E-state index < -0.39 is 0 Å². The summed E-state index contributed by atoms with van der Waals surface area (Å²) < 4.78 is 1.73. The molecule has 0 radical (unpaired) electrons. The lowest BCUT2D eigenvalue weighted by atomic mass is 10.2. The van der Waals surface area contributed by atoms with Crippen LogP contribution in [0.5, 0.6) is 0 Å². The fourth-order valence-corrected chi connectivity index (χ4v) is 2.99. The third-order valence-corrected chi connectivity index (χ3v) is 4.49. The number of carbonyl (C=O) groups is 1. The number of amides is 1. The molecule has 8 nitrogen and oxygen atoms in total. The smallest absolute Gasteiger partial charge is 0.255 e. The highest BCUT2D eigenvalue weighted by Gasteiger charge is 2.23. The van der Waals surface area contributed by atoms with E-state index in [0.29, 0.717) is 36.9 Å². The van der Waals surface area contributed by atoms with Gasteiger partial charge >= 0.3 is 0 Å². The molecular weight excluding hydrogens is 342 g/mol. The number of anilines is 1. The minimum absolute atomic E-state index is 0.0260. The predicted octanol–water partition coefficient (Wildman–Crippen LogP) is 1.44. The van der Waals surface area contributed by atoms with Gasteiger partial charge in [-0.25, -0.2) is 4.98 Å². The number of piperazine rings is 1. The average Bonchev–Trinajstić information content (AvgIpc) is 3.02. The maximum atomic E-state index is 12.5. The van der Waals surface area contributed by atoms with Crippen molar-refractivity contribution in [3.05, 3.63) is 47.0 Å². The van der Waals surface area contributed by atoms with Crippen molar-refractivity contribution in [2.75, 3.05) is 31.1 Å². The number of fused-ring (bicyclic) bond motifs is 1. The Balaban J connectivity index is 1.46. The molecule has 3 aromatic heterocycles. The van der Waals surface area contributed by atoms with Crippen molar-refractivity contribution in [3.8, 4) is 0 Å². The molecule has 9 heteroatoms. The van der Waals surface area contributed by atoms with Gasteiger partial charge in [-0.15, -0.1) is 15.3 Å². The molecule has 0 N–H and O–H groups in total. The summed E-state index contributed by atoms with van der Waals surface area (Å²) in [5.74, 6) is 1.58. The quantitative estimate of drug-likeness (QED) is 0.646. The Morgan fingerprint density at radius 1 is 1.08 bits per heavy atom. The maximum absolute atomic E-state index is 12.5. The molecule has 1 aliphatic rings. The van der Waals surface area contributed by atoms with Crippen LogP contribution in [0.15, 0.2) is 30.5 Å². The van der Waals surface area contributed by atoms with Crippen molar-refractivity contribution < 1.29 is 4.79 Å². The van der Waals surface area contributed by atoms with Crippen molar-refractivity contribution in [3.63, 3.8) is 0 Å². The van der Waals surface area contributed by atoms with Crippen LogP contribution < -0.4 is 4.90 Å². The summed E-state index contributed by atoms with van der Waals surface area (Å²) in [6, 6.07) is 7.17. The second-order valence-electron chi connectivity index (χ2n) is 5.86. The Bertz CT molecular complexity index is 916. The van der Waals surface area contributed by atoms with Crippen LogP contribution in [0.2, 0.25) is 5.15 Å². The SMILES string of the molecule is Cc1nnc2ccc(N3CCN(C(=O)c4ccc(Cl)nc4)CC3)nn12. The molecule has 0 spiro atoms. The van der Waals surface area contributed by atoms with Gasteiger partial charge in [0.05, 0.1) is 5.56 Å². The van der Waals surface area contributed by atoms with Gasteiger partial charge < -0.3 is 9.80 Å². The summed E-state index contributed by atoms with van der Waals surface area (Å²) in [6.45, 7) is 4.55. The second kappa shape index (κ2) is 6.29. The predicted molar refractivity (Wildman–Crippen MR) is 92.9 cm³/mol. The normalized spacial score (nSPS) is 15.0. The summed E-state index contributed by atoms with van der Waals surface area (Å²) in [5.41, 5.74) is 1.28. The largest absolute Gasteiger partial charge is 0.352 e. The van der Waals surface area contributed by atoms with Crippen LogP contribution in [0.4, 0.5) is 5.82 Å². The summed E-state index contributed by atoms with van der Waals surface area (Å²) in [7, 11) is 0. The van der Waals surface area contributed by atoms with E-state index in [1.54, 1.807) is 16.6 Å². The maximum Gasteiger partial charge on any atom is 0.255 e. The number of aryl methyl sites for hydroxylation is 1. The Morgan fingerprint density at radius 2 is 1.88 bits per heavy atom. The van der Waals surface area contributed by atoms with Crippen LogP contribution in [-0.2, 0) is 0 Å². The zero-order chi connectivity index (χ0) is 17.4. The first-order chi connectivity index (χ1) is 12.1. The van der Waals surface area contributed by atoms with Crippen LogP contribution in [0.3, 0.4) is 0 Å². The Labute approximate surface area is 149 Å². The van der Waals surface area contributed by atoms with Gasteiger partial charge in [-0.1, -0.05) is 11.6 Å². The third kappa shape index (κ3) is 3.00. The molecule has 1 fully saturated rings. The molecule has 1 amide bonds. The van der Waals surface area contributed by atoms with Gasteiger partial charge in [0.15, 0.2) is 11.5 Å². The van der Waals surface area contributed by atoms with Crippen LogP contribution in [-0.4, -0.2) is 61.8 Å². The molecule has 0 atom stereocenters. The lowest BCUT2D eigenvalue weighted by Gasteiger charge is -2.35. The van der Waals surface area contributed by atoms with Crippen LogP contribution in [0, 0.1) is 6.92 Å². The van der Waals surface area contributed by atoms with Gasteiger partial charge in [-0.05, 0) is 31.2 Å². The molecule has 0 aromatic carbocycles. The fraction of sp³-hybridized carbons (Fsp3) is 0.312. The minimum atomic E-state index is -0.0260. The molecule has 0 unspecified atom stereocenters. The van der Waals surface area contributed by atoms with Crippen molar-refractivity contribution in [1.82, 2.24) is 29.7 Å². The average molecular weight is 358 g/mol. The number of rotatable bonds is 2. The van der Waals surface area contributed by atoms with E-state index in [-0.39, 0.29) is 5.91 Å². The van der Waals surface area contributed by atoms with Gasteiger partial charge in [0.1, 0.15) is 11.0 Å². The summed E-state index contributed by atoms with van der Waals surface area (Å²) in [4.78, 5) is 20.5. The van der Waals surface area contributed by atoms with Gasteiger partial charge in [0.2, 0.25) is 0 Å². The first-order valence-electron chi connectivity index (χ1n) is 7.97. The summed E-state index contributed by atoms with van der Waals surface area (Å²) >= 11 is 5.77. The number of aromatic nitrogens is 5. The highest BCUT2D eigenvalue weighted by molar-refractivity contribution is 6.29. The lowest BCUT2D eigenvalue weighted by Crippen LogP contribution is -2.49. The number of pyridine rings is 1. The Morgan fingerprint density at radius 3 is 2.60 bits per heavy atom. The zero-order valence-electron chi connectivity index (χ0n) is 13.6. The zero-order valence-corrected chi connectivity index (χ0v) is 14.4. The van der Waals surface area contributed by atoms with Crippen LogP contribution in [0.1, 0.15) is 16.2 Å². The van der Waals surface area contributed by atoms with Crippen LogP contribution >= 0.6 is 11.6 Å². The molecule has 128 valence electrons. The molecule has 1 saturated heterocycles. The number of carbonyl (C=O) groups excluding carboxylic acids is 1. The van der Waals surface area contributed by atoms with Crippen LogP contribution in [0.25, 0.3) is 5.65 Å². The topological polar surface area (TPSA) is 79.5 Å². The van der Waals surface area contributed by atoms with E-state index in [1.165, 1.54) is 6.20 Å². The van der Waals surface area contributed by atoms with E-state index in [2.05, 4.69) is 25.2 Å². The number of hydrogen-bond acceptors (Lipinski definition) is 6. The molecule has 4 rings (SSSR count). The Hall–Kier alpha value is -2.74. The molecular formula is C16H16ClN7O. The number of nitrogens with zero attached hydrogens (tertiary/aromatic N) is 7. The second-order valence-corrected chi connectivity index (χ2v) is 6.24. The van der Waals surface area contributed by atoms with E-state index >= 15 is 0 Å². The first kappa shape index (κ1) is 15.8. The van der Waals surface area contributed by atoms with Gasteiger partial charge in [0.25, 0.3) is 5.91 Å².